The maximum absolute atomic E-state index is 13.7. The van der Waals surface area contributed by atoms with Crippen LogP contribution < -0.4 is 4.90 Å². The predicted octanol–water partition coefficient (Wildman–Crippen LogP) is 5.79. The Bertz CT molecular complexity index is 1160. The van der Waals surface area contributed by atoms with Gasteiger partial charge < -0.3 is 14.2 Å². The van der Waals surface area contributed by atoms with Crippen LogP contribution in [0.25, 0.3) is 11.0 Å². The van der Waals surface area contributed by atoms with Gasteiger partial charge in [0.15, 0.2) is 6.10 Å². The maximum Gasteiger partial charge on any atom is 0.419 e. The minimum Gasteiger partial charge on any atom is -0.309 e. The fraction of sp³-hybridized carbons (Fsp3) is 0.450. The molecule has 0 amide bonds. The second-order valence-electron chi connectivity index (χ2n) is 7.51. The van der Waals surface area contributed by atoms with Crippen molar-refractivity contribution in [2.45, 2.75) is 52.6 Å². The van der Waals surface area contributed by atoms with Gasteiger partial charge in [-0.1, -0.05) is 17.7 Å². The number of fused-ring (bicyclic) bond motifs is 3. The van der Waals surface area contributed by atoms with Crippen LogP contribution in [0.4, 0.5) is 33.6 Å². The lowest BCUT2D eigenvalue weighted by molar-refractivity contribution is -0.276. The number of aryl methyl sites for hydroxylation is 4. The van der Waals surface area contributed by atoms with Crippen LogP contribution in [0.3, 0.4) is 0 Å². The summed E-state index contributed by atoms with van der Waals surface area (Å²) in [5, 5.41) is 0.108. The summed E-state index contributed by atoms with van der Waals surface area (Å²) in [6.07, 6.45) is -7.32. The van der Waals surface area contributed by atoms with Crippen LogP contribution in [0.2, 0.25) is 5.02 Å². The average molecular weight is 476 g/mol. The maximum atomic E-state index is 13.7. The molecule has 172 valence electrons. The largest absolute Gasteiger partial charge is 0.419 e. The molecule has 3 aromatic rings. The highest BCUT2D eigenvalue weighted by molar-refractivity contribution is 6.35. The number of hydrogen-bond acceptors (Lipinski definition) is 5. The van der Waals surface area contributed by atoms with Crippen molar-refractivity contribution in [2.24, 2.45) is 0 Å². The van der Waals surface area contributed by atoms with Crippen LogP contribution in [0, 0.1) is 20.8 Å². The van der Waals surface area contributed by atoms with E-state index in [9.17, 15) is 22.0 Å². The minimum atomic E-state index is -5.06. The lowest BCUT2D eigenvalue weighted by atomic mass is 10.1. The molecule has 0 saturated carbocycles. The Morgan fingerprint density at radius 3 is 2.28 bits per heavy atom. The molecule has 2 aromatic heterocycles. The Balaban J connectivity index is 1.96. The van der Waals surface area contributed by atoms with E-state index in [0.717, 1.165) is 6.07 Å². The van der Waals surface area contributed by atoms with Crippen molar-refractivity contribution in [3.8, 4) is 0 Å². The van der Waals surface area contributed by atoms with Gasteiger partial charge >= 0.3 is 12.8 Å². The Labute approximate surface area is 185 Å². The first-order valence-electron chi connectivity index (χ1n) is 9.77. The molecule has 0 N–H and O–H groups in total. The van der Waals surface area contributed by atoms with Crippen LogP contribution in [0.5, 0.6) is 0 Å². The number of hydrogen-bond donors (Lipinski definition) is 0. The third-order valence-corrected chi connectivity index (χ3v) is 5.60. The molecular weight excluding hydrogens is 457 g/mol. The summed E-state index contributed by atoms with van der Waals surface area (Å²) in [5.74, 6) is 0.939. The fourth-order valence-electron chi connectivity index (χ4n) is 4.25. The summed E-state index contributed by atoms with van der Waals surface area (Å²) < 4.78 is 72.3. The van der Waals surface area contributed by atoms with Crippen molar-refractivity contribution in [3.63, 3.8) is 0 Å². The van der Waals surface area contributed by atoms with E-state index < -0.39 is 24.5 Å². The fourth-order valence-corrected chi connectivity index (χ4v) is 4.44. The van der Waals surface area contributed by atoms with E-state index in [1.54, 1.807) is 11.5 Å². The first-order chi connectivity index (χ1) is 15.0. The molecule has 0 radical (unpaired) electrons. The van der Waals surface area contributed by atoms with Gasteiger partial charge in [-0.05, 0) is 33.3 Å². The number of benzene rings is 1. The van der Waals surface area contributed by atoms with Crippen LogP contribution in [0.1, 0.15) is 35.3 Å². The van der Waals surface area contributed by atoms with Gasteiger partial charge in [0.1, 0.15) is 11.3 Å². The molecule has 3 heterocycles. The van der Waals surface area contributed by atoms with Crippen LogP contribution in [-0.4, -0.2) is 38.9 Å². The van der Waals surface area contributed by atoms with Crippen molar-refractivity contribution in [1.82, 2.24) is 19.5 Å². The predicted molar refractivity (Wildman–Crippen MR) is 108 cm³/mol. The SMILES string of the molecule is Cc1nc(C)c(N2CCCn3c2nc2c(Cl)ccc(C(OC(F)F)C(F)(F)F)c23)c(C)n1. The number of nitrogens with zero attached hydrogens (tertiary/aromatic N) is 5. The van der Waals surface area contributed by atoms with Crippen molar-refractivity contribution in [2.75, 3.05) is 11.4 Å². The van der Waals surface area contributed by atoms with Gasteiger partial charge in [-0.2, -0.15) is 22.0 Å². The second-order valence-corrected chi connectivity index (χ2v) is 7.92. The molecule has 0 saturated heterocycles. The number of alkyl halides is 5. The zero-order valence-corrected chi connectivity index (χ0v) is 18.1. The molecule has 1 aliphatic rings. The van der Waals surface area contributed by atoms with Gasteiger partial charge in [0, 0.05) is 18.7 Å². The standard InChI is InChI=1S/C20H19ClF5N5O/c1-9-15(10(2)28-11(3)27-9)30-7-4-8-31-16-12(17(20(24,25)26)32-18(22)23)5-6-13(21)14(16)29-19(30)31/h5-6,17-18H,4,7-8H2,1-3H3. The molecule has 1 aliphatic heterocycles. The third-order valence-electron chi connectivity index (χ3n) is 5.29. The molecule has 0 spiro atoms. The number of imidazole rings is 1. The Morgan fingerprint density at radius 1 is 1.03 bits per heavy atom. The zero-order valence-electron chi connectivity index (χ0n) is 17.3. The smallest absolute Gasteiger partial charge is 0.309 e. The van der Waals surface area contributed by atoms with Gasteiger partial charge in [-0.25, -0.2) is 15.0 Å². The number of aromatic nitrogens is 4. The Morgan fingerprint density at radius 2 is 1.69 bits per heavy atom. The van der Waals surface area contributed by atoms with E-state index in [1.165, 1.54) is 6.07 Å². The normalized spacial score (nSPS) is 15.5. The van der Waals surface area contributed by atoms with Crippen molar-refractivity contribution < 1.29 is 26.7 Å². The zero-order chi connectivity index (χ0) is 23.4. The lowest BCUT2D eigenvalue weighted by Gasteiger charge is -2.31. The lowest BCUT2D eigenvalue weighted by Crippen LogP contribution is -2.30. The first kappa shape index (κ1) is 22.7. The van der Waals surface area contributed by atoms with E-state index in [2.05, 4.69) is 19.7 Å². The van der Waals surface area contributed by atoms with Gasteiger partial charge in [-0.3, -0.25) is 0 Å². The molecule has 4 rings (SSSR count). The summed E-state index contributed by atoms with van der Waals surface area (Å²) in [4.78, 5) is 15.1. The van der Waals surface area contributed by atoms with Crippen molar-refractivity contribution >= 4 is 34.3 Å². The van der Waals surface area contributed by atoms with Crippen LogP contribution in [0.15, 0.2) is 12.1 Å². The van der Waals surface area contributed by atoms with E-state index in [4.69, 9.17) is 11.6 Å². The van der Waals surface area contributed by atoms with Gasteiger partial charge in [-0.15, -0.1) is 0 Å². The van der Waals surface area contributed by atoms with Crippen molar-refractivity contribution in [1.29, 1.82) is 0 Å². The molecule has 1 aromatic carbocycles. The molecule has 0 bridgehead atoms. The van der Waals surface area contributed by atoms with Gasteiger partial charge in [0.25, 0.3) is 0 Å². The first-order valence-corrected chi connectivity index (χ1v) is 10.1. The Hall–Kier alpha value is -2.53. The summed E-state index contributed by atoms with van der Waals surface area (Å²) in [5.41, 5.74) is 1.71. The van der Waals surface area contributed by atoms with Crippen LogP contribution in [-0.2, 0) is 11.3 Å². The quantitative estimate of drug-likeness (QED) is 0.447. The molecule has 32 heavy (non-hydrogen) atoms. The van der Waals surface area contributed by atoms with Gasteiger partial charge in [0.05, 0.1) is 27.6 Å². The molecule has 6 nitrogen and oxygen atoms in total. The number of halogens is 6. The highest BCUT2D eigenvalue weighted by Gasteiger charge is 2.45. The van der Waals surface area contributed by atoms with E-state index in [0.29, 0.717) is 48.4 Å². The summed E-state index contributed by atoms with van der Waals surface area (Å²) in [6.45, 7) is 2.64. The highest BCUT2D eigenvalue weighted by atomic mass is 35.5. The number of rotatable bonds is 4. The molecule has 0 aliphatic carbocycles. The summed E-state index contributed by atoms with van der Waals surface area (Å²) in [6, 6.07) is 2.27. The number of ether oxygens (including phenoxy) is 1. The monoisotopic (exact) mass is 475 g/mol. The summed E-state index contributed by atoms with van der Waals surface area (Å²) in [7, 11) is 0. The molecular formula is C20H19ClF5N5O. The van der Waals surface area contributed by atoms with E-state index >= 15 is 0 Å². The third kappa shape index (κ3) is 3.88. The van der Waals surface area contributed by atoms with Gasteiger partial charge in [0.2, 0.25) is 5.95 Å². The molecule has 12 heteroatoms. The minimum absolute atomic E-state index is 0.0171. The van der Waals surface area contributed by atoms with E-state index in [-0.39, 0.29) is 16.1 Å². The number of anilines is 2. The van der Waals surface area contributed by atoms with Crippen LogP contribution >= 0.6 is 11.6 Å². The van der Waals surface area contributed by atoms with Crippen molar-refractivity contribution in [3.05, 3.63) is 39.9 Å². The molecule has 0 fully saturated rings. The van der Waals surface area contributed by atoms with E-state index in [1.807, 2.05) is 18.7 Å². The summed E-state index contributed by atoms with van der Waals surface area (Å²) >= 11 is 6.26. The molecule has 1 unspecified atom stereocenters. The Kier molecular flexibility index (Phi) is 5.74. The highest BCUT2D eigenvalue weighted by Crippen LogP contribution is 2.44. The molecule has 1 atom stereocenters. The average Bonchev–Trinajstić information content (AvgIpc) is 3.07. The second kappa shape index (κ2) is 8.11. The topological polar surface area (TPSA) is 56.1 Å².